The first-order valence-electron chi connectivity index (χ1n) is 9.24. The van der Waals surface area contributed by atoms with E-state index in [1.54, 1.807) is 0 Å². The van der Waals surface area contributed by atoms with Gasteiger partial charge in [0.1, 0.15) is 5.60 Å². The van der Waals surface area contributed by atoms with Gasteiger partial charge in [0, 0.05) is 13.1 Å². The lowest BCUT2D eigenvalue weighted by Crippen LogP contribution is -2.49. The Labute approximate surface area is 148 Å². The van der Waals surface area contributed by atoms with E-state index in [2.05, 4.69) is 29.3 Å². The summed E-state index contributed by atoms with van der Waals surface area (Å²) >= 11 is 0. The minimum atomic E-state index is -0.282. The second kappa shape index (κ2) is 6.64. The lowest BCUT2D eigenvalue weighted by molar-refractivity contribution is -0.142. The molecule has 2 aliphatic heterocycles. The highest BCUT2D eigenvalue weighted by Gasteiger charge is 2.43. The molecule has 2 aromatic rings. The summed E-state index contributed by atoms with van der Waals surface area (Å²) in [7, 11) is 0. The summed E-state index contributed by atoms with van der Waals surface area (Å²) in [6, 6.07) is 10.1. The molecule has 1 aromatic carbocycles. The first kappa shape index (κ1) is 16.3. The number of aromatic amines is 1. The lowest BCUT2D eigenvalue weighted by atomic mass is 9.83. The molecule has 25 heavy (non-hydrogen) atoms. The molecule has 1 amide bonds. The van der Waals surface area contributed by atoms with Crippen molar-refractivity contribution in [2.75, 3.05) is 19.7 Å². The van der Waals surface area contributed by atoms with Gasteiger partial charge in [-0.2, -0.15) is 5.10 Å². The van der Waals surface area contributed by atoms with Crippen molar-refractivity contribution < 1.29 is 9.53 Å². The largest absolute Gasteiger partial charge is 0.368 e. The molecular formula is C20H25N3O2. The molecule has 1 N–H and O–H groups in total. The van der Waals surface area contributed by atoms with Crippen LogP contribution in [0.4, 0.5) is 0 Å². The number of carbonyl (C=O) groups is 1. The van der Waals surface area contributed by atoms with E-state index in [-0.39, 0.29) is 17.4 Å². The average molecular weight is 339 g/mol. The number of H-pyrrole nitrogens is 1. The molecule has 132 valence electrons. The Morgan fingerprint density at radius 2 is 2.08 bits per heavy atom. The van der Waals surface area contributed by atoms with Gasteiger partial charge in [0.05, 0.1) is 24.4 Å². The minimum absolute atomic E-state index is 0.0507. The Balaban J connectivity index is 1.48. The molecule has 1 aromatic heterocycles. The number of piperidine rings is 1. The van der Waals surface area contributed by atoms with Crippen LogP contribution in [-0.4, -0.2) is 40.7 Å². The molecule has 2 aliphatic rings. The van der Waals surface area contributed by atoms with E-state index in [1.807, 2.05) is 29.3 Å². The van der Waals surface area contributed by atoms with Gasteiger partial charge in [-0.25, -0.2) is 0 Å². The zero-order valence-electron chi connectivity index (χ0n) is 14.7. The Hall–Kier alpha value is -2.14. The summed E-state index contributed by atoms with van der Waals surface area (Å²) in [5, 5.41) is 7.35. The average Bonchev–Trinajstić information content (AvgIpc) is 3.14. The van der Waals surface area contributed by atoms with Crippen molar-refractivity contribution in [3.8, 4) is 0 Å². The van der Waals surface area contributed by atoms with Crippen LogP contribution in [0.1, 0.15) is 48.9 Å². The Morgan fingerprint density at radius 1 is 1.32 bits per heavy atom. The number of hydrogen-bond donors (Lipinski definition) is 1. The smallest absolute Gasteiger partial charge is 0.230 e. The molecule has 1 atom stereocenters. The van der Waals surface area contributed by atoms with Gasteiger partial charge in [0.15, 0.2) is 0 Å². The van der Waals surface area contributed by atoms with Crippen molar-refractivity contribution in [3.05, 3.63) is 53.3 Å². The summed E-state index contributed by atoms with van der Waals surface area (Å²) in [5.74, 6) is 0.189. The quantitative estimate of drug-likeness (QED) is 0.935. The van der Waals surface area contributed by atoms with Gasteiger partial charge in [-0.3, -0.25) is 9.89 Å². The van der Waals surface area contributed by atoms with E-state index in [9.17, 15) is 4.79 Å². The van der Waals surface area contributed by atoms with E-state index in [0.29, 0.717) is 0 Å². The van der Waals surface area contributed by atoms with Crippen molar-refractivity contribution >= 4 is 5.91 Å². The number of benzene rings is 1. The van der Waals surface area contributed by atoms with Crippen LogP contribution in [0.25, 0.3) is 0 Å². The zero-order valence-corrected chi connectivity index (χ0v) is 14.7. The lowest BCUT2D eigenvalue weighted by Gasteiger charge is -2.44. The van der Waals surface area contributed by atoms with Crippen LogP contribution in [0.15, 0.2) is 36.5 Å². The Kier molecular flexibility index (Phi) is 4.34. The number of amides is 1. The third kappa shape index (κ3) is 2.86. The molecular weight excluding hydrogens is 314 g/mol. The topological polar surface area (TPSA) is 58.2 Å². The molecule has 5 heteroatoms. The zero-order chi connectivity index (χ0) is 17.3. The predicted octanol–water partition coefficient (Wildman–Crippen LogP) is 2.99. The first-order chi connectivity index (χ1) is 12.2. The molecule has 1 fully saturated rings. The molecule has 0 aliphatic carbocycles. The Morgan fingerprint density at radius 3 is 2.80 bits per heavy atom. The van der Waals surface area contributed by atoms with E-state index in [4.69, 9.17) is 4.74 Å². The fraction of sp³-hybridized carbons (Fsp3) is 0.500. The van der Waals surface area contributed by atoms with Gasteiger partial charge in [-0.1, -0.05) is 37.3 Å². The first-order valence-corrected chi connectivity index (χ1v) is 9.24. The fourth-order valence-corrected chi connectivity index (χ4v) is 4.26. The van der Waals surface area contributed by atoms with Gasteiger partial charge in [0.2, 0.25) is 5.91 Å². The van der Waals surface area contributed by atoms with E-state index in [0.717, 1.165) is 56.6 Å². The van der Waals surface area contributed by atoms with Crippen LogP contribution in [0, 0.1) is 0 Å². The number of rotatable bonds is 3. The number of nitrogens with one attached hydrogen (secondary N) is 1. The van der Waals surface area contributed by atoms with Crippen molar-refractivity contribution in [1.82, 2.24) is 15.1 Å². The number of aromatic nitrogens is 2. The summed E-state index contributed by atoms with van der Waals surface area (Å²) in [6.07, 6.45) is 5.33. The highest BCUT2D eigenvalue weighted by Crippen LogP contribution is 2.40. The number of ether oxygens (including phenoxy) is 1. The highest BCUT2D eigenvalue weighted by atomic mass is 16.5. The van der Waals surface area contributed by atoms with Crippen molar-refractivity contribution in [2.24, 2.45) is 0 Å². The van der Waals surface area contributed by atoms with E-state index in [1.165, 1.54) is 5.56 Å². The minimum Gasteiger partial charge on any atom is -0.368 e. The number of carbonyl (C=O) groups excluding carboxylic acids is 1. The predicted molar refractivity (Wildman–Crippen MR) is 95.2 cm³/mol. The van der Waals surface area contributed by atoms with Crippen molar-refractivity contribution in [2.45, 2.75) is 44.1 Å². The molecule has 5 nitrogen and oxygen atoms in total. The fourth-order valence-electron chi connectivity index (χ4n) is 4.26. The monoisotopic (exact) mass is 339 g/mol. The van der Waals surface area contributed by atoms with E-state index >= 15 is 0 Å². The summed E-state index contributed by atoms with van der Waals surface area (Å²) < 4.78 is 6.18. The van der Waals surface area contributed by atoms with Crippen LogP contribution in [0.5, 0.6) is 0 Å². The van der Waals surface area contributed by atoms with Crippen LogP contribution in [0.2, 0.25) is 0 Å². The molecule has 0 saturated carbocycles. The molecule has 0 radical (unpaired) electrons. The SMILES string of the molecule is CCC(C(=O)N1CCC2(CC1)OCCc1cn[nH]c12)c1ccccc1. The molecule has 0 bridgehead atoms. The maximum Gasteiger partial charge on any atom is 0.230 e. The maximum atomic E-state index is 13.1. The second-order valence-corrected chi connectivity index (χ2v) is 7.06. The van der Waals surface area contributed by atoms with E-state index < -0.39 is 0 Å². The van der Waals surface area contributed by atoms with Gasteiger partial charge in [-0.15, -0.1) is 0 Å². The van der Waals surface area contributed by atoms with Gasteiger partial charge >= 0.3 is 0 Å². The normalized spacial score (nSPS) is 20.3. The standard InChI is InChI=1S/C20H25N3O2/c1-2-17(15-6-4-3-5-7-15)19(24)23-11-9-20(10-12-23)18-16(8-13-25-20)14-21-22-18/h3-7,14,17H,2,8-13H2,1H3,(H,21,22). The Bertz CT molecular complexity index is 732. The van der Waals surface area contributed by atoms with Crippen LogP contribution >= 0.6 is 0 Å². The maximum absolute atomic E-state index is 13.1. The molecule has 1 unspecified atom stereocenters. The number of nitrogens with zero attached hydrogens (tertiary/aromatic N) is 2. The molecule has 3 heterocycles. The van der Waals surface area contributed by atoms with Crippen LogP contribution < -0.4 is 0 Å². The summed E-state index contributed by atoms with van der Waals surface area (Å²) in [5.41, 5.74) is 3.22. The molecule has 1 saturated heterocycles. The highest BCUT2D eigenvalue weighted by molar-refractivity contribution is 5.83. The number of fused-ring (bicyclic) bond motifs is 2. The third-order valence-electron chi connectivity index (χ3n) is 5.71. The number of likely N-dealkylation sites (tertiary alicyclic amines) is 1. The summed E-state index contributed by atoms with van der Waals surface area (Å²) in [4.78, 5) is 15.1. The van der Waals surface area contributed by atoms with Gasteiger partial charge in [-0.05, 0) is 36.8 Å². The number of hydrogen-bond acceptors (Lipinski definition) is 3. The van der Waals surface area contributed by atoms with Crippen LogP contribution in [0.3, 0.4) is 0 Å². The summed E-state index contributed by atoms with van der Waals surface area (Å²) in [6.45, 7) is 4.30. The van der Waals surface area contributed by atoms with Crippen molar-refractivity contribution in [1.29, 1.82) is 0 Å². The molecule has 4 rings (SSSR count). The van der Waals surface area contributed by atoms with Crippen molar-refractivity contribution in [3.63, 3.8) is 0 Å². The molecule has 1 spiro atoms. The van der Waals surface area contributed by atoms with Gasteiger partial charge < -0.3 is 9.64 Å². The van der Waals surface area contributed by atoms with Crippen LogP contribution in [-0.2, 0) is 21.6 Å². The third-order valence-corrected chi connectivity index (χ3v) is 5.71. The second-order valence-electron chi connectivity index (χ2n) is 7.06. The van der Waals surface area contributed by atoms with Gasteiger partial charge in [0.25, 0.3) is 0 Å².